The topological polar surface area (TPSA) is 95.3 Å². The molecule has 1 aromatic carbocycles. The van der Waals surface area contributed by atoms with E-state index >= 15 is 0 Å². The molecular weight excluding hydrogens is 394 g/mol. The highest BCUT2D eigenvalue weighted by atomic mass is 32.2. The first-order valence-electron chi connectivity index (χ1n) is 9.22. The van der Waals surface area contributed by atoms with Crippen molar-refractivity contribution in [1.82, 2.24) is 9.97 Å². The van der Waals surface area contributed by atoms with Crippen LogP contribution in [0.4, 0.5) is 5.82 Å². The molecule has 3 N–H and O–H groups in total. The van der Waals surface area contributed by atoms with Gasteiger partial charge in [0.2, 0.25) is 0 Å². The maximum atomic E-state index is 12.1. The molecule has 0 amide bonds. The van der Waals surface area contributed by atoms with Crippen LogP contribution in [0.3, 0.4) is 0 Å². The number of fused-ring (bicyclic) bond motifs is 1. The predicted molar refractivity (Wildman–Crippen MR) is 113 cm³/mol. The van der Waals surface area contributed by atoms with Crippen molar-refractivity contribution in [2.75, 3.05) is 18.2 Å². The Morgan fingerprint density at radius 2 is 2.07 bits per heavy atom. The maximum absolute atomic E-state index is 12.1. The minimum atomic E-state index is -1.21. The molecule has 1 aliphatic rings. The molecule has 0 spiro atoms. The van der Waals surface area contributed by atoms with Crippen LogP contribution < -0.4 is 5.32 Å². The van der Waals surface area contributed by atoms with E-state index < -0.39 is 16.9 Å². The van der Waals surface area contributed by atoms with Gasteiger partial charge < -0.3 is 15.5 Å². The number of nitrogens with one attached hydrogen (secondary N) is 1. The number of pyridine rings is 1. The third kappa shape index (κ3) is 3.69. The van der Waals surface area contributed by atoms with Crippen LogP contribution in [0.15, 0.2) is 35.4 Å². The number of benzene rings is 1. The van der Waals surface area contributed by atoms with Crippen molar-refractivity contribution in [3.05, 3.63) is 35.9 Å². The number of rotatable bonds is 5. The van der Waals surface area contributed by atoms with Crippen LogP contribution in [0.2, 0.25) is 0 Å². The number of aliphatic hydroxyl groups is 2. The molecule has 4 rings (SSSR count). The van der Waals surface area contributed by atoms with Crippen LogP contribution in [-0.2, 0) is 10.8 Å². The average Bonchev–Trinajstić information content (AvgIpc) is 3.23. The molecule has 28 heavy (non-hydrogen) atoms. The summed E-state index contributed by atoms with van der Waals surface area (Å²) in [5.41, 5.74) is 2.80. The Bertz CT molecular complexity index is 1000. The van der Waals surface area contributed by atoms with Gasteiger partial charge in [-0.1, -0.05) is 12.1 Å². The predicted octanol–water partition coefficient (Wildman–Crippen LogP) is 2.95. The molecule has 3 aromatic rings. The molecular formula is C20H23N3O3S2. The smallest absolute Gasteiger partial charge is 0.138 e. The number of thiazole rings is 1. The fourth-order valence-corrected chi connectivity index (χ4v) is 5.39. The SMILES string of the molecule is Cc1cc(S(C)=O)nc(NC2CC(O)C(CO)C2)c1-c1nc2ccccc2s1. The van der Waals surface area contributed by atoms with E-state index in [1.54, 1.807) is 17.6 Å². The number of hydrogen-bond donors (Lipinski definition) is 3. The number of anilines is 1. The molecule has 2 aromatic heterocycles. The monoisotopic (exact) mass is 417 g/mol. The number of aromatic nitrogens is 2. The lowest BCUT2D eigenvalue weighted by molar-refractivity contribution is 0.0908. The van der Waals surface area contributed by atoms with Gasteiger partial charge in [0.05, 0.1) is 32.7 Å². The summed E-state index contributed by atoms with van der Waals surface area (Å²) >= 11 is 1.60. The highest BCUT2D eigenvalue weighted by Crippen LogP contribution is 2.38. The van der Waals surface area contributed by atoms with E-state index in [2.05, 4.69) is 10.3 Å². The Hall–Kier alpha value is -1.87. The molecule has 1 aliphatic carbocycles. The molecule has 0 aliphatic heterocycles. The molecule has 0 saturated heterocycles. The second-order valence-electron chi connectivity index (χ2n) is 7.26. The molecule has 6 nitrogen and oxygen atoms in total. The quantitative estimate of drug-likeness (QED) is 0.591. The fourth-order valence-electron chi connectivity index (χ4n) is 3.75. The van der Waals surface area contributed by atoms with E-state index in [1.807, 2.05) is 37.3 Å². The fraction of sp³-hybridized carbons (Fsp3) is 0.400. The van der Waals surface area contributed by atoms with Crippen molar-refractivity contribution in [2.24, 2.45) is 5.92 Å². The summed E-state index contributed by atoms with van der Waals surface area (Å²) in [7, 11) is -1.21. The second kappa shape index (κ2) is 7.87. The molecule has 2 heterocycles. The zero-order valence-electron chi connectivity index (χ0n) is 15.8. The van der Waals surface area contributed by atoms with Gasteiger partial charge in [-0.25, -0.2) is 9.97 Å². The average molecular weight is 418 g/mol. The van der Waals surface area contributed by atoms with Crippen LogP contribution in [0.25, 0.3) is 20.8 Å². The number of aryl methyl sites for hydroxylation is 1. The van der Waals surface area contributed by atoms with E-state index in [1.165, 1.54) is 0 Å². The maximum Gasteiger partial charge on any atom is 0.138 e. The number of aliphatic hydroxyl groups excluding tert-OH is 2. The number of nitrogens with zero attached hydrogens (tertiary/aromatic N) is 2. The zero-order valence-corrected chi connectivity index (χ0v) is 17.4. The van der Waals surface area contributed by atoms with Crippen molar-refractivity contribution < 1.29 is 14.4 Å². The van der Waals surface area contributed by atoms with Gasteiger partial charge in [0.15, 0.2) is 0 Å². The summed E-state index contributed by atoms with van der Waals surface area (Å²) in [5.74, 6) is 0.507. The van der Waals surface area contributed by atoms with Gasteiger partial charge in [0.1, 0.15) is 15.9 Å². The normalized spacial score (nSPS) is 23.2. The van der Waals surface area contributed by atoms with Crippen molar-refractivity contribution >= 4 is 38.2 Å². The van der Waals surface area contributed by atoms with Crippen LogP contribution in [0, 0.1) is 12.8 Å². The summed E-state index contributed by atoms with van der Waals surface area (Å²) in [4.78, 5) is 9.40. The minimum Gasteiger partial charge on any atom is -0.396 e. The van der Waals surface area contributed by atoms with E-state index in [0.29, 0.717) is 23.7 Å². The largest absolute Gasteiger partial charge is 0.396 e. The first kappa shape index (κ1) is 19.4. The molecule has 1 saturated carbocycles. The zero-order chi connectivity index (χ0) is 19.8. The lowest BCUT2D eigenvalue weighted by Crippen LogP contribution is -2.19. The Balaban J connectivity index is 1.77. The van der Waals surface area contributed by atoms with Crippen molar-refractivity contribution in [3.8, 4) is 10.6 Å². The second-order valence-corrected chi connectivity index (χ2v) is 9.62. The first-order chi connectivity index (χ1) is 13.5. The van der Waals surface area contributed by atoms with Gasteiger partial charge >= 0.3 is 0 Å². The van der Waals surface area contributed by atoms with Crippen LogP contribution >= 0.6 is 11.3 Å². The Labute approximate surface area is 170 Å². The molecule has 8 heteroatoms. The van der Waals surface area contributed by atoms with Gasteiger partial charge in [-0.15, -0.1) is 11.3 Å². The minimum absolute atomic E-state index is 0.00674. The van der Waals surface area contributed by atoms with Gasteiger partial charge in [0, 0.05) is 24.8 Å². The summed E-state index contributed by atoms with van der Waals surface area (Å²) in [6.45, 7) is 1.94. The molecule has 0 radical (unpaired) electrons. The Morgan fingerprint density at radius 1 is 1.29 bits per heavy atom. The van der Waals surface area contributed by atoms with E-state index in [4.69, 9.17) is 4.98 Å². The summed E-state index contributed by atoms with van der Waals surface area (Å²) in [5, 5.41) is 24.4. The van der Waals surface area contributed by atoms with Crippen molar-refractivity contribution in [3.63, 3.8) is 0 Å². The van der Waals surface area contributed by atoms with Crippen LogP contribution in [-0.4, -0.2) is 49.4 Å². The van der Waals surface area contributed by atoms with Crippen molar-refractivity contribution in [1.29, 1.82) is 0 Å². The van der Waals surface area contributed by atoms with Crippen molar-refractivity contribution in [2.45, 2.75) is 36.9 Å². The van der Waals surface area contributed by atoms with Gasteiger partial charge in [-0.2, -0.15) is 0 Å². The highest BCUT2D eigenvalue weighted by Gasteiger charge is 2.33. The van der Waals surface area contributed by atoms with Crippen LogP contribution in [0.1, 0.15) is 18.4 Å². The summed E-state index contributed by atoms with van der Waals surface area (Å²) in [6.07, 6.45) is 2.30. The Morgan fingerprint density at radius 3 is 2.75 bits per heavy atom. The first-order valence-corrected chi connectivity index (χ1v) is 11.6. The Kier molecular flexibility index (Phi) is 5.46. The summed E-state index contributed by atoms with van der Waals surface area (Å²) < 4.78 is 13.2. The number of hydrogen-bond acceptors (Lipinski definition) is 7. The molecule has 1 fully saturated rings. The lowest BCUT2D eigenvalue weighted by Gasteiger charge is -2.18. The molecule has 148 valence electrons. The van der Waals surface area contributed by atoms with Crippen LogP contribution in [0.5, 0.6) is 0 Å². The van der Waals surface area contributed by atoms with Gasteiger partial charge in [-0.3, -0.25) is 4.21 Å². The summed E-state index contributed by atoms with van der Waals surface area (Å²) in [6, 6.07) is 9.83. The van der Waals surface area contributed by atoms with Gasteiger partial charge in [-0.05, 0) is 43.5 Å². The van der Waals surface area contributed by atoms with Gasteiger partial charge in [0.25, 0.3) is 0 Å². The lowest BCUT2D eigenvalue weighted by atomic mass is 10.1. The highest BCUT2D eigenvalue weighted by molar-refractivity contribution is 7.84. The molecule has 4 unspecified atom stereocenters. The van der Waals surface area contributed by atoms with E-state index in [0.717, 1.165) is 26.4 Å². The molecule has 4 atom stereocenters. The van der Waals surface area contributed by atoms with E-state index in [9.17, 15) is 14.4 Å². The third-order valence-corrected chi connectivity index (χ3v) is 7.08. The number of para-hydroxylation sites is 1. The third-order valence-electron chi connectivity index (χ3n) is 5.23. The van der Waals surface area contributed by atoms with E-state index in [-0.39, 0.29) is 18.6 Å². The molecule has 0 bridgehead atoms. The standard InChI is InChI=1S/C20H23N3O3S2/c1-11-7-17(28(2)26)23-19(21-13-8-12(10-24)15(25)9-13)18(11)20-22-14-5-3-4-6-16(14)27-20/h3-7,12-13,15,24-25H,8-10H2,1-2H3,(H,21,23).